The molecule has 0 aromatic heterocycles. The van der Waals surface area contributed by atoms with Gasteiger partial charge < -0.3 is 15.5 Å². The molecule has 0 saturated heterocycles. The van der Waals surface area contributed by atoms with Crippen molar-refractivity contribution in [3.05, 3.63) is 89.0 Å². The molecule has 0 atom stereocenters. The Labute approximate surface area is 167 Å². The molecule has 0 bridgehead atoms. The third-order valence-corrected chi connectivity index (χ3v) is 4.07. The van der Waals surface area contributed by atoms with E-state index in [1.54, 1.807) is 36.4 Å². The molecule has 7 heteroatoms. The third kappa shape index (κ3) is 5.20. The summed E-state index contributed by atoms with van der Waals surface area (Å²) < 4.78 is 0. The van der Waals surface area contributed by atoms with Crippen LogP contribution in [0.4, 0.5) is 5.69 Å². The smallest absolute Gasteiger partial charge is 0.271 e. The molecule has 29 heavy (non-hydrogen) atoms. The van der Waals surface area contributed by atoms with Crippen LogP contribution in [0.2, 0.25) is 0 Å². The molecule has 7 nitrogen and oxygen atoms in total. The van der Waals surface area contributed by atoms with Crippen molar-refractivity contribution in [1.29, 1.82) is 0 Å². The second kappa shape index (κ2) is 8.71. The number of benzene rings is 3. The van der Waals surface area contributed by atoms with Gasteiger partial charge in [-0.25, -0.2) is 5.43 Å². The average molecular weight is 389 g/mol. The second-order valence-electron chi connectivity index (χ2n) is 6.34. The lowest BCUT2D eigenvalue weighted by Gasteiger charge is -2.07. The number of phenolic OH excluding ortho intramolecular Hbond substituents is 2. The number of nitrogens with zero attached hydrogens (tertiary/aromatic N) is 1. The van der Waals surface area contributed by atoms with E-state index in [4.69, 9.17) is 0 Å². The van der Waals surface area contributed by atoms with Crippen LogP contribution in [0, 0.1) is 6.92 Å². The van der Waals surface area contributed by atoms with Gasteiger partial charge in [0.05, 0.1) is 6.21 Å². The van der Waals surface area contributed by atoms with Crippen LogP contribution in [-0.4, -0.2) is 28.2 Å². The maximum absolute atomic E-state index is 12.3. The highest BCUT2D eigenvalue weighted by atomic mass is 16.3. The van der Waals surface area contributed by atoms with Gasteiger partial charge in [0.1, 0.15) is 11.5 Å². The summed E-state index contributed by atoms with van der Waals surface area (Å²) in [5.74, 6) is -0.907. The van der Waals surface area contributed by atoms with Crippen molar-refractivity contribution >= 4 is 23.7 Å². The number of phenols is 2. The van der Waals surface area contributed by atoms with Crippen molar-refractivity contribution in [2.24, 2.45) is 5.10 Å². The van der Waals surface area contributed by atoms with Crippen molar-refractivity contribution in [2.75, 3.05) is 5.32 Å². The largest absolute Gasteiger partial charge is 0.508 e. The standard InChI is InChI=1S/C22H19N3O4/c1-14-3-2-4-16(11-14)21(28)24-18-8-5-15(6-9-18)22(29)25-23-13-17-7-10-19(26)12-20(17)27/h2-13,26-27H,1H3,(H,24,28)(H,25,29). The summed E-state index contributed by atoms with van der Waals surface area (Å²) in [7, 11) is 0. The summed E-state index contributed by atoms with van der Waals surface area (Å²) >= 11 is 0. The lowest BCUT2D eigenvalue weighted by molar-refractivity contribution is 0.0954. The predicted molar refractivity (Wildman–Crippen MR) is 110 cm³/mol. The van der Waals surface area contributed by atoms with Gasteiger partial charge >= 0.3 is 0 Å². The van der Waals surface area contributed by atoms with Gasteiger partial charge in [0.2, 0.25) is 0 Å². The van der Waals surface area contributed by atoms with Crippen LogP contribution in [0.1, 0.15) is 31.8 Å². The van der Waals surface area contributed by atoms with Gasteiger partial charge in [-0.3, -0.25) is 9.59 Å². The Bertz CT molecular complexity index is 1080. The first-order chi connectivity index (χ1) is 13.9. The predicted octanol–water partition coefficient (Wildman–Crippen LogP) is 3.42. The molecule has 0 saturated carbocycles. The summed E-state index contributed by atoms with van der Waals surface area (Å²) in [5.41, 5.74) is 5.15. The molecule has 0 radical (unpaired) electrons. The molecular weight excluding hydrogens is 370 g/mol. The number of nitrogens with one attached hydrogen (secondary N) is 2. The van der Waals surface area contributed by atoms with E-state index in [0.29, 0.717) is 22.4 Å². The molecule has 2 amide bonds. The first-order valence-corrected chi connectivity index (χ1v) is 8.76. The number of amides is 2. The van der Waals surface area contributed by atoms with Gasteiger partial charge in [-0.1, -0.05) is 17.7 Å². The minimum Gasteiger partial charge on any atom is -0.508 e. The van der Waals surface area contributed by atoms with Crippen molar-refractivity contribution in [3.63, 3.8) is 0 Å². The van der Waals surface area contributed by atoms with Gasteiger partial charge in [0, 0.05) is 28.4 Å². The van der Waals surface area contributed by atoms with E-state index in [1.165, 1.54) is 24.4 Å². The number of aromatic hydroxyl groups is 2. The fourth-order valence-electron chi connectivity index (χ4n) is 2.56. The molecule has 3 rings (SSSR count). The normalized spacial score (nSPS) is 10.7. The van der Waals surface area contributed by atoms with Crippen LogP contribution in [-0.2, 0) is 0 Å². The molecular formula is C22H19N3O4. The Balaban J connectivity index is 1.59. The number of hydrazone groups is 1. The molecule has 0 aliphatic carbocycles. The Morgan fingerprint density at radius 2 is 1.66 bits per heavy atom. The third-order valence-electron chi connectivity index (χ3n) is 4.07. The average Bonchev–Trinajstić information content (AvgIpc) is 2.70. The van der Waals surface area contributed by atoms with Crippen LogP contribution in [0.15, 0.2) is 71.8 Å². The van der Waals surface area contributed by atoms with E-state index in [9.17, 15) is 19.8 Å². The molecule has 4 N–H and O–H groups in total. The molecule has 3 aromatic rings. The summed E-state index contributed by atoms with van der Waals surface area (Å²) in [6, 6.07) is 17.7. The summed E-state index contributed by atoms with van der Waals surface area (Å²) in [6.45, 7) is 1.91. The molecule has 0 aliphatic heterocycles. The van der Waals surface area contributed by atoms with E-state index in [1.807, 2.05) is 19.1 Å². The van der Waals surface area contributed by atoms with Crippen LogP contribution < -0.4 is 10.7 Å². The SMILES string of the molecule is Cc1cccc(C(=O)Nc2ccc(C(=O)NN=Cc3ccc(O)cc3O)cc2)c1. The fraction of sp³-hybridized carbons (Fsp3) is 0.0455. The van der Waals surface area contributed by atoms with Gasteiger partial charge in [-0.2, -0.15) is 5.10 Å². The van der Waals surface area contributed by atoms with Crippen molar-refractivity contribution in [3.8, 4) is 11.5 Å². The van der Waals surface area contributed by atoms with Crippen LogP contribution in [0.3, 0.4) is 0 Å². The maximum Gasteiger partial charge on any atom is 0.271 e. The Hall–Kier alpha value is -4.13. The van der Waals surface area contributed by atoms with Crippen molar-refractivity contribution < 1.29 is 19.8 Å². The number of hydrogen-bond donors (Lipinski definition) is 4. The zero-order valence-electron chi connectivity index (χ0n) is 15.6. The first-order valence-electron chi connectivity index (χ1n) is 8.76. The minimum atomic E-state index is -0.448. The molecule has 0 heterocycles. The monoisotopic (exact) mass is 389 g/mol. The quantitative estimate of drug-likeness (QED) is 0.396. The van der Waals surface area contributed by atoms with Crippen molar-refractivity contribution in [1.82, 2.24) is 5.43 Å². The number of hydrogen-bond acceptors (Lipinski definition) is 5. The zero-order chi connectivity index (χ0) is 20.8. The second-order valence-corrected chi connectivity index (χ2v) is 6.34. The van der Waals surface area contributed by atoms with Gasteiger partial charge in [0.25, 0.3) is 11.8 Å². The zero-order valence-corrected chi connectivity index (χ0v) is 15.6. The van der Waals surface area contributed by atoms with E-state index in [-0.39, 0.29) is 17.4 Å². The highest BCUT2D eigenvalue weighted by molar-refractivity contribution is 6.04. The molecule has 0 aliphatic rings. The van der Waals surface area contributed by atoms with E-state index in [2.05, 4.69) is 15.8 Å². The molecule has 146 valence electrons. The number of aryl methyl sites for hydroxylation is 1. The van der Waals surface area contributed by atoms with Crippen LogP contribution in [0.5, 0.6) is 11.5 Å². The van der Waals surface area contributed by atoms with E-state index >= 15 is 0 Å². The lowest BCUT2D eigenvalue weighted by Crippen LogP contribution is -2.18. The number of carbonyl (C=O) groups excluding carboxylic acids is 2. The summed E-state index contributed by atoms with van der Waals surface area (Å²) in [4.78, 5) is 24.4. The van der Waals surface area contributed by atoms with Crippen LogP contribution >= 0.6 is 0 Å². The number of rotatable bonds is 5. The van der Waals surface area contributed by atoms with Gasteiger partial charge in [0.15, 0.2) is 0 Å². The Kier molecular flexibility index (Phi) is 5.89. The van der Waals surface area contributed by atoms with Crippen LogP contribution in [0.25, 0.3) is 0 Å². The van der Waals surface area contributed by atoms with E-state index in [0.717, 1.165) is 5.56 Å². The first kappa shape index (κ1) is 19.6. The number of carbonyl (C=O) groups is 2. The Morgan fingerprint density at radius 3 is 2.34 bits per heavy atom. The highest BCUT2D eigenvalue weighted by Gasteiger charge is 2.08. The highest BCUT2D eigenvalue weighted by Crippen LogP contribution is 2.20. The summed E-state index contributed by atoms with van der Waals surface area (Å²) in [6.07, 6.45) is 1.27. The molecule has 0 spiro atoms. The van der Waals surface area contributed by atoms with Gasteiger partial charge in [-0.05, 0) is 55.5 Å². The van der Waals surface area contributed by atoms with Crippen molar-refractivity contribution in [2.45, 2.75) is 6.92 Å². The fourth-order valence-corrected chi connectivity index (χ4v) is 2.56. The Morgan fingerprint density at radius 1 is 0.897 bits per heavy atom. The summed E-state index contributed by atoms with van der Waals surface area (Å²) in [5, 5.41) is 25.5. The lowest BCUT2D eigenvalue weighted by atomic mass is 10.1. The molecule has 0 unspecified atom stereocenters. The number of anilines is 1. The van der Waals surface area contributed by atoms with E-state index < -0.39 is 5.91 Å². The minimum absolute atomic E-state index is 0.0711. The molecule has 3 aromatic carbocycles. The maximum atomic E-state index is 12.3. The topological polar surface area (TPSA) is 111 Å². The molecule has 0 fully saturated rings. The van der Waals surface area contributed by atoms with Gasteiger partial charge in [-0.15, -0.1) is 0 Å².